The molecule has 4 rings (SSSR count). The van der Waals surface area contributed by atoms with E-state index < -0.39 is 10.3 Å². The molecule has 3 aromatic rings. The SMILES string of the molecule is O=C1CSC(c2ccccc2[N+](=O)[O-])N1n1c(COc2c(Cl)cc(Cl)cc2Cl)n[nH]c1=S. The summed E-state index contributed by atoms with van der Waals surface area (Å²) in [7, 11) is 0. The number of para-hydroxylation sites is 1. The summed E-state index contributed by atoms with van der Waals surface area (Å²) in [5.41, 5.74) is 0.268. The highest BCUT2D eigenvalue weighted by molar-refractivity contribution is 8.00. The maximum atomic E-state index is 12.8. The average molecular weight is 533 g/mol. The Kier molecular flexibility index (Phi) is 6.63. The highest BCUT2D eigenvalue weighted by Crippen LogP contribution is 2.42. The quantitative estimate of drug-likeness (QED) is 0.261. The molecular formula is C18H12Cl3N5O4S2. The van der Waals surface area contributed by atoms with Crippen LogP contribution in [0.2, 0.25) is 15.1 Å². The number of nitrogens with one attached hydrogen (secondary N) is 1. The molecule has 1 aromatic heterocycles. The number of benzene rings is 2. The van der Waals surface area contributed by atoms with Gasteiger partial charge in [0.1, 0.15) is 12.0 Å². The molecule has 1 saturated heterocycles. The number of H-pyrrole nitrogens is 1. The lowest BCUT2D eigenvalue weighted by atomic mass is 10.1. The van der Waals surface area contributed by atoms with Gasteiger partial charge in [0.25, 0.3) is 11.6 Å². The van der Waals surface area contributed by atoms with Gasteiger partial charge in [0.05, 0.1) is 26.3 Å². The standard InChI is InChI=1S/C18H12Cl3N5O4S2/c19-9-5-11(20)16(12(21)6-9)30-7-14-22-23-18(31)24(14)25-15(27)8-32-17(25)10-3-1-2-4-13(10)26(28)29/h1-6,17H,7-8H2,(H,23,31). The molecular weight excluding hydrogens is 521 g/mol. The number of aromatic nitrogens is 3. The van der Waals surface area contributed by atoms with Gasteiger partial charge in [-0.15, -0.1) is 11.8 Å². The molecule has 0 spiro atoms. The second kappa shape index (κ2) is 9.28. The van der Waals surface area contributed by atoms with Gasteiger partial charge in [0.2, 0.25) is 4.77 Å². The van der Waals surface area contributed by atoms with Crippen molar-refractivity contribution in [2.24, 2.45) is 0 Å². The highest BCUT2D eigenvalue weighted by Gasteiger charge is 2.39. The number of hydrogen-bond donors (Lipinski definition) is 1. The van der Waals surface area contributed by atoms with E-state index in [4.69, 9.17) is 51.8 Å². The van der Waals surface area contributed by atoms with Crippen LogP contribution >= 0.6 is 58.8 Å². The smallest absolute Gasteiger partial charge is 0.275 e. The van der Waals surface area contributed by atoms with Crippen molar-refractivity contribution in [3.8, 4) is 5.75 Å². The van der Waals surface area contributed by atoms with Gasteiger partial charge in [0.15, 0.2) is 11.6 Å². The molecule has 14 heteroatoms. The molecule has 32 heavy (non-hydrogen) atoms. The predicted octanol–water partition coefficient (Wildman–Crippen LogP) is 5.30. The van der Waals surface area contributed by atoms with Gasteiger partial charge in [-0.3, -0.25) is 20.0 Å². The van der Waals surface area contributed by atoms with E-state index in [-0.39, 0.29) is 50.3 Å². The van der Waals surface area contributed by atoms with Gasteiger partial charge < -0.3 is 4.74 Å². The van der Waals surface area contributed by atoms with E-state index >= 15 is 0 Å². The van der Waals surface area contributed by atoms with Gasteiger partial charge in [-0.1, -0.05) is 46.9 Å². The summed E-state index contributed by atoms with van der Waals surface area (Å²) in [5, 5.41) is 19.7. The molecule has 2 heterocycles. The Labute approximate surface area is 205 Å². The Bertz CT molecular complexity index is 1260. The molecule has 1 unspecified atom stereocenters. The summed E-state index contributed by atoms with van der Waals surface area (Å²) in [5.74, 6) is 0.255. The molecule has 2 aromatic carbocycles. The molecule has 0 bridgehead atoms. The number of thioether (sulfide) groups is 1. The number of carbonyl (C=O) groups is 1. The molecule has 166 valence electrons. The van der Waals surface area contributed by atoms with Crippen molar-refractivity contribution in [2.45, 2.75) is 12.0 Å². The molecule has 1 N–H and O–H groups in total. The van der Waals surface area contributed by atoms with Crippen molar-refractivity contribution in [3.05, 3.63) is 77.7 Å². The third-order valence-electron chi connectivity index (χ3n) is 4.48. The van der Waals surface area contributed by atoms with E-state index in [1.54, 1.807) is 18.2 Å². The number of nitrogens with zero attached hydrogens (tertiary/aromatic N) is 4. The topological polar surface area (TPSA) is 106 Å². The van der Waals surface area contributed by atoms with E-state index in [0.717, 1.165) is 0 Å². The van der Waals surface area contributed by atoms with Crippen LogP contribution in [-0.4, -0.2) is 31.5 Å². The molecule has 1 amide bonds. The number of ether oxygens (including phenoxy) is 1. The summed E-state index contributed by atoms with van der Waals surface area (Å²) < 4.78 is 7.23. The Hall–Kier alpha value is -2.31. The second-order valence-electron chi connectivity index (χ2n) is 6.46. The molecule has 1 atom stereocenters. The molecule has 0 saturated carbocycles. The van der Waals surface area contributed by atoms with Crippen LogP contribution < -0.4 is 9.75 Å². The number of hydrogen-bond acceptors (Lipinski definition) is 7. The van der Waals surface area contributed by atoms with Crippen LogP contribution in [0.5, 0.6) is 5.75 Å². The van der Waals surface area contributed by atoms with Crippen molar-refractivity contribution in [2.75, 3.05) is 10.8 Å². The molecule has 0 radical (unpaired) electrons. The Morgan fingerprint density at radius 2 is 1.97 bits per heavy atom. The van der Waals surface area contributed by atoms with E-state index in [1.165, 1.54) is 39.6 Å². The monoisotopic (exact) mass is 531 g/mol. The van der Waals surface area contributed by atoms with Crippen molar-refractivity contribution in [3.63, 3.8) is 0 Å². The van der Waals surface area contributed by atoms with Crippen LogP contribution in [0, 0.1) is 14.9 Å². The maximum Gasteiger partial charge on any atom is 0.275 e. The van der Waals surface area contributed by atoms with Crippen molar-refractivity contribution >= 4 is 70.4 Å². The van der Waals surface area contributed by atoms with E-state index in [1.807, 2.05) is 0 Å². The lowest BCUT2D eigenvalue weighted by molar-refractivity contribution is -0.385. The fourth-order valence-electron chi connectivity index (χ4n) is 3.16. The zero-order chi connectivity index (χ0) is 23.0. The first-order valence-electron chi connectivity index (χ1n) is 8.89. The third-order valence-corrected chi connectivity index (χ3v) is 6.71. The number of rotatable bonds is 6. The summed E-state index contributed by atoms with van der Waals surface area (Å²) in [6.07, 6.45) is 0. The van der Waals surface area contributed by atoms with Crippen LogP contribution in [0.25, 0.3) is 0 Å². The van der Waals surface area contributed by atoms with E-state index in [0.29, 0.717) is 10.6 Å². The maximum absolute atomic E-state index is 12.8. The number of aromatic amines is 1. The van der Waals surface area contributed by atoms with Gasteiger partial charge in [-0.05, 0) is 30.4 Å². The summed E-state index contributed by atoms with van der Waals surface area (Å²) in [6.45, 7) is -0.147. The normalized spacial score (nSPS) is 15.9. The number of nitro benzene ring substituents is 1. The van der Waals surface area contributed by atoms with Crippen LogP contribution in [0.15, 0.2) is 36.4 Å². The highest BCUT2D eigenvalue weighted by atomic mass is 35.5. The van der Waals surface area contributed by atoms with Gasteiger partial charge in [0, 0.05) is 11.1 Å². The minimum Gasteiger partial charge on any atom is -0.482 e. The predicted molar refractivity (Wildman–Crippen MR) is 125 cm³/mol. The Morgan fingerprint density at radius 3 is 2.66 bits per heavy atom. The lowest BCUT2D eigenvalue weighted by Crippen LogP contribution is -2.40. The fourth-order valence-corrected chi connectivity index (χ4v) is 5.49. The molecule has 0 aliphatic carbocycles. The zero-order valence-electron chi connectivity index (χ0n) is 15.8. The van der Waals surface area contributed by atoms with Crippen LogP contribution in [0.1, 0.15) is 16.8 Å². The second-order valence-corrected chi connectivity index (χ2v) is 9.17. The van der Waals surface area contributed by atoms with Crippen LogP contribution in [0.3, 0.4) is 0 Å². The Morgan fingerprint density at radius 1 is 1.28 bits per heavy atom. The largest absolute Gasteiger partial charge is 0.482 e. The minimum absolute atomic E-state index is 0.0998. The number of amides is 1. The first-order chi connectivity index (χ1) is 15.3. The molecule has 1 aliphatic rings. The van der Waals surface area contributed by atoms with Crippen molar-refractivity contribution in [1.29, 1.82) is 0 Å². The summed E-state index contributed by atoms with van der Waals surface area (Å²) in [4.78, 5) is 23.8. The number of halogens is 3. The number of carbonyl (C=O) groups excluding carboxylic acids is 1. The first kappa shape index (κ1) is 22.9. The molecule has 1 aliphatic heterocycles. The molecule has 9 nitrogen and oxygen atoms in total. The number of nitro groups is 1. The van der Waals surface area contributed by atoms with Gasteiger partial charge in [-0.2, -0.15) is 5.10 Å². The lowest BCUT2D eigenvalue weighted by Gasteiger charge is -2.25. The minimum atomic E-state index is -0.685. The van der Waals surface area contributed by atoms with Gasteiger partial charge in [-0.25, -0.2) is 9.69 Å². The van der Waals surface area contributed by atoms with E-state index in [2.05, 4.69) is 10.2 Å². The van der Waals surface area contributed by atoms with Crippen molar-refractivity contribution in [1.82, 2.24) is 14.9 Å². The Balaban J connectivity index is 1.70. The third kappa shape index (κ3) is 4.30. The van der Waals surface area contributed by atoms with Gasteiger partial charge >= 0.3 is 0 Å². The van der Waals surface area contributed by atoms with Crippen LogP contribution in [0.4, 0.5) is 5.69 Å². The summed E-state index contributed by atoms with van der Waals surface area (Å²) >= 11 is 24.8. The molecule has 1 fully saturated rings. The van der Waals surface area contributed by atoms with E-state index in [9.17, 15) is 14.9 Å². The summed E-state index contributed by atoms with van der Waals surface area (Å²) in [6, 6.07) is 9.19. The zero-order valence-corrected chi connectivity index (χ0v) is 19.7. The van der Waals surface area contributed by atoms with Crippen molar-refractivity contribution < 1.29 is 14.5 Å². The van der Waals surface area contributed by atoms with Crippen LogP contribution in [-0.2, 0) is 11.4 Å². The first-order valence-corrected chi connectivity index (χ1v) is 11.5. The average Bonchev–Trinajstić information content (AvgIpc) is 3.28. The fraction of sp³-hybridized carbons (Fsp3) is 0.167.